The molecule has 0 radical (unpaired) electrons. The van der Waals surface area contributed by atoms with Crippen LogP contribution in [-0.2, 0) is 19.2 Å². The van der Waals surface area contributed by atoms with Crippen LogP contribution in [0.25, 0.3) is 0 Å². The molecular formula is C35H46N2O4. The molecule has 0 spiro atoms. The number of imide groups is 2. The average Bonchev–Trinajstić information content (AvgIpc) is 3.27. The molecule has 9 aliphatic carbocycles. The Morgan fingerprint density at radius 2 is 0.902 bits per heavy atom. The van der Waals surface area contributed by atoms with Crippen molar-refractivity contribution in [3.05, 3.63) is 12.2 Å². The Balaban J connectivity index is 0.985. The molecule has 0 N–H and O–H groups in total. The van der Waals surface area contributed by atoms with Gasteiger partial charge in [0.05, 0.1) is 23.7 Å². The van der Waals surface area contributed by atoms with Crippen molar-refractivity contribution in [3.63, 3.8) is 0 Å². The molecule has 11 rings (SSSR count). The van der Waals surface area contributed by atoms with Gasteiger partial charge in [-0.3, -0.25) is 29.0 Å². The van der Waals surface area contributed by atoms with Crippen molar-refractivity contribution in [1.29, 1.82) is 0 Å². The summed E-state index contributed by atoms with van der Waals surface area (Å²) in [7, 11) is 0. The third kappa shape index (κ3) is 3.60. The third-order valence-corrected chi connectivity index (χ3v) is 14.2. The predicted molar refractivity (Wildman–Crippen MR) is 152 cm³/mol. The number of nitrogens with zero attached hydrogens (tertiary/aromatic N) is 2. The fourth-order valence-corrected chi connectivity index (χ4v) is 13.9. The summed E-state index contributed by atoms with van der Waals surface area (Å²) in [6, 6.07) is 0. The largest absolute Gasteiger partial charge is 0.282 e. The maximum absolute atomic E-state index is 14.2. The highest BCUT2D eigenvalue weighted by molar-refractivity contribution is 6.10. The zero-order valence-corrected chi connectivity index (χ0v) is 24.6. The van der Waals surface area contributed by atoms with Crippen molar-refractivity contribution < 1.29 is 19.2 Å². The standard InChI is InChI=1S/C35H46N2O4/c1-2-3-25-28-26(30(38)36(32(28)40)17-34-11-19-4-20(12-34)6-21(5-19)13-34)10-27-29(25)33(41)37(31(27)39)18-35-14-22-7-23(15-35)9-24(8-22)16-35/h2-3,19-29H,4-18H2,1H3/b3-2+. The molecule has 11 fully saturated rings. The summed E-state index contributed by atoms with van der Waals surface area (Å²) in [5.74, 6) is 2.09. The molecule has 4 amide bonds. The Kier molecular flexibility index (Phi) is 5.33. The Hall–Kier alpha value is -1.98. The van der Waals surface area contributed by atoms with Crippen molar-refractivity contribution in [1.82, 2.24) is 9.80 Å². The third-order valence-electron chi connectivity index (χ3n) is 14.2. The van der Waals surface area contributed by atoms with Crippen LogP contribution in [0.4, 0.5) is 0 Å². The Morgan fingerprint density at radius 1 is 0.561 bits per heavy atom. The molecular weight excluding hydrogens is 512 g/mol. The number of rotatable bonds is 5. The van der Waals surface area contributed by atoms with E-state index >= 15 is 0 Å². The summed E-state index contributed by atoms with van der Waals surface area (Å²) in [5.41, 5.74) is 0.194. The van der Waals surface area contributed by atoms with E-state index in [1.807, 2.05) is 19.1 Å². The number of carbonyl (C=O) groups is 4. The molecule has 2 aliphatic heterocycles. The number of hydrogen-bond acceptors (Lipinski definition) is 4. The second kappa shape index (κ2) is 8.56. The van der Waals surface area contributed by atoms with Crippen molar-refractivity contribution in [2.24, 2.45) is 75.9 Å². The Morgan fingerprint density at radius 3 is 1.22 bits per heavy atom. The SMILES string of the molecule is C/C=C/C1C2C(=O)N(CC34CC5CC(CC(C5)C3)C4)C(=O)C2CC2C(=O)N(CC34CC5CC(CC(C5)C3)C4)C(=O)C21. The maximum Gasteiger partial charge on any atom is 0.233 e. The molecule has 6 nitrogen and oxygen atoms in total. The molecule has 220 valence electrons. The number of hydrogen-bond donors (Lipinski definition) is 0. The molecule has 9 saturated carbocycles. The number of carbonyl (C=O) groups excluding carboxylic acids is 4. The lowest BCUT2D eigenvalue weighted by molar-refractivity contribution is -0.146. The summed E-state index contributed by atoms with van der Waals surface area (Å²) >= 11 is 0. The van der Waals surface area contributed by atoms with E-state index in [4.69, 9.17) is 0 Å². The highest BCUT2D eigenvalue weighted by Crippen LogP contribution is 2.63. The molecule has 8 bridgehead atoms. The van der Waals surface area contributed by atoms with Crippen molar-refractivity contribution in [3.8, 4) is 0 Å². The fourth-order valence-electron chi connectivity index (χ4n) is 13.9. The number of likely N-dealkylation sites (tertiary alicyclic amines) is 2. The van der Waals surface area contributed by atoms with Crippen LogP contribution in [0.5, 0.6) is 0 Å². The van der Waals surface area contributed by atoms with Crippen molar-refractivity contribution in [2.45, 2.75) is 90.4 Å². The first-order valence-electron chi connectivity index (χ1n) is 17.1. The molecule has 0 aromatic rings. The minimum Gasteiger partial charge on any atom is -0.282 e. The fraction of sp³-hybridized carbons (Fsp3) is 0.829. The topological polar surface area (TPSA) is 74.8 Å². The van der Waals surface area contributed by atoms with Crippen LogP contribution in [0.2, 0.25) is 0 Å². The van der Waals surface area contributed by atoms with Gasteiger partial charge < -0.3 is 0 Å². The number of fused-ring (bicyclic) bond motifs is 2. The van der Waals surface area contributed by atoms with Gasteiger partial charge in [0.15, 0.2) is 0 Å². The second-order valence-electron chi connectivity index (χ2n) is 17.0. The lowest BCUT2D eigenvalue weighted by Crippen LogP contribution is -2.52. The van der Waals surface area contributed by atoms with Gasteiger partial charge >= 0.3 is 0 Å². The predicted octanol–water partition coefficient (Wildman–Crippen LogP) is 5.22. The molecule has 11 aliphatic rings. The van der Waals surface area contributed by atoms with E-state index in [-0.39, 0.29) is 40.4 Å². The van der Waals surface area contributed by atoms with Crippen LogP contribution in [0.15, 0.2) is 12.2 Å². The highest BCUT2D eigenvalue weighted by atomic mass is 16.2. The quantitative estimate of drug-likeness (QED) is 0.343. The lowest BCUT2D eigenvalue weighted by Gasteiger charge is -2.57. The molecule has 0 aromatic carbocycles. The van der Waals surface area contributed by atoms with Crippen molar-refractivity contribution in [2.75, 3.05) is 13.1 Å². The second-order valence-corrected chi connectivity index (χ2v) is 17.0. The van der Waals surface area contributed by atoms with E-state index in [1.54, 1.807) is 9.80 Å². The van der Waals surface area contributed by atoms with Gasteiger partial charge in [0.2, 0.25) is 23.6 Å². The summed E-state index contributed by atoms with van der Waals surface area (Å²) in [4.78, 5) is 59.7. The van der Waals surface area contributed by atoms with Gasteiger partial charge in [0.25, 0.3) is 0 Å². The van der Waals surface area contributed by atoms with Gasteiger partial charge in [0.1, 0.15) is 0 Å². The first-order valence-corrected chi connectivity index (χ1v) is 17.1. The van der Waals surface area contributed by atoms with Crippen LogP contribution in [0.1, 0.15) is 90.4 Å². The number of amides is 4. The van der Waals surface area contributed by atoms with Gasteiger partial charge in [0, 0.05) is 19.0 Å². The zero-order chi connectivity index (χ0) is 27.8. The van der Waals surface area contributed by atoms with Gasteiger partial charge in [-0.05, 0) is 137 Å². The Labute approximate surface area is 244 Å². The van der Waals surface area contributed by atoms with Gasteiger partial charge in [-0.2, -0.15) is 0 Å². The first kappa shape index (κ1) is 25.5. The number of allylic oxidation sites excluding steroid dienone is 2. The normalized spacial score (nSPS) is 52.9. The minimum atomic E-state index is -0.495. The highest BCUT2D eigenvalue weighted by Gasteiger charge is 2.65. The van der Waals surface area contributed by atoms with Crippen LogP contribution in [-0.4, -0.2) is 46.5 Å². The van der Waals surface area contributed by atoms with Crippen molar-refractivity contribution >= 4 is 23.6 Å². The monoisotopic (exact) mass is 558 g/mol. The summed E-state index contributed by atoms with van der Waals surface area (Å²) in [5, 5.41) is 0. The summed E-state index contributed by atoms with van der Waals surface area (Å²) in [6.45, 7) is 3.07. The minimum absolute atomic E-state index is 0.0523. The molecule has 4 atom stereocenters. The van der Waals surface area contributed by atoms with E-state index < -0.39 is 23.7 Å². The summed E-state index contributed by atoms with van der Waals surface area (Å²) in [6.07, 6.45) is 19.3. The molecule has 2 heterocycles. The Bertz CT molecular complexity index is 1090. The van der Waals surface area contributed by atoms with Crippen LogP contribution in [0.3, 0.4) is 0 Å². The first-order chi connectivity index (χ1) is 19.7. The van der Waals surface area contributed by atoms with Gasteiger partial charge in [-0.1, -0.05) is 12.2 Å². The van der Waals surface area contributed by atoms with Crippen LogP contribution < -0.4 is 0 Å². The van der Waals surface area contributed by atoms with Gasteiger partial charge in [-0.15, -0.1) is 0 Å². The van der Waals surface area contributed by atoms with Gasteiger partial charge in [-0.25, -0.2) is 0 Å². The average molecular weight is 559 g/mol. The molecule has 4 unspecified atom stereocenters. The molecule has 41 heavy (non-hydrogen) atoms. The molecule has 6 heteroatoms. The molecule has 2 saturated heterocycles. The van der Waals surface area contributed by atoms with Crippen LogP contribution in [0, 0.1) is 75.9 Å². The van der Waals surface area contributed by atoms with E-state index in [0.29, 0.717) is 19.5 Å². The molecule has 0 aromatic heterocycles. The van der Waals surface area contributed by atoms with E-state index in [9.17, 15) is 19.2 Å². The van der Waals surface area contributed by atoms with E-state index in [2.05, 4.69) is 0 Å². The van der Waals surface area contributed by atoms with E-state index in [0.717, 1.165) is 74.0 Å². The smallest absolute Gasteiger partial charge is 0.233 e. The maximum atomic E-state index is 14.2. The lowest BCUT2D eigenvalue weighted by atomic mass is 9.49. The summed E-state index contributed by atoms with van der Waals surface area (Å²) < 4.78 is 0. The van der Waals surface area contributed by atoms with Crippen LogP contribution >= 0.6 is 0 Å². The zero-order valence-electron chi connectivity index (χ0n) is 24.6. The van der Waals surface area contributed by atoms with E-state index in [1.165, 1.54) is 38.5 Å².